The highest BCUT2D eigenvalue weighted by Crippen LogP contribution is 2.20. The third-order valence-electron chi connectivity index (χ3n) is 2.84. The second kappa shape index (κ2) is 10.7. The molecule has 0 atom stereocenters. The molecule has 0 aliphatic heterocycles. The van der Waals surface area contributed by atoms with Gasteiger partial charge in [-0.25, -0.2) is 0 Å². The fraction of sp³-hybridized carbons (Fsp3) is 0.533. The van der Waals surface area contributed by atoms with Gasteiger partial charge in [-0.15, -0.1) is 24.0 Å². The largest absolute Gasteiger partial charge is 0.491 e. The third-order valence-corrected chi connectivity index (χ3v) is 2.84. The van der Waals surface area contributed by atoms with Crippen molar-refractivity contribution in [1.29, 1.82) is 0 Å². The van der Waals surface area contributed by atoms with Gasteiger partial charge >= 0.3 is 0 Å². The molecule has 1 rings (SSSR count). The Hall–Kier alpha value is -1.02. The fourth-order valence-electron chi connectivity index (χ4n) is 1.79. The first-order chi connectivity index (χ1) is 9.58. The predicted molar refractivity (Wildman–Crippen MR) is 97.9 cm³/mol. The van der Waals surface area contributed by atoms with Crippen LogP contribution in [-0.4, -0.2) is 52.3 Å². The highest BCUT2D eigenvalue weighted by molar-refractivity contribution is 14.0. The summed E-state index contributed by atoms with van der Waals surface area (Å²) < 4.78 is 10.8. The Morgan fingerprint density at radius 3 is 2.57 bits per heavy atom. The molecule has 0 bridgehead atoms. The number of hydrogen-bond donors (Lipinski definition) is 1. The van der Waals surface area contributed by atoms with Crippen molar-refractivity contribution in [3.05, 3.63) is 29.3 Å². The zero-order chi connectivity index (χ0) is 15.0. The summed E-state index contributed by atoms with van der Waals surface area (Å²) in [7, 11) is 7.36. The van der Waals surface area contributed by atoms with Crippen molar-refractivity contribution in [2.24, 2.45) is 4.99 Å². The minimum atomic E-state index is 0. The van der Waals surface area contributed by atoms with Crippen molar-refractivity contribution in [1.82, 2.24) is 10.2 Å². The van der Waals surface area contributed by atoms with Gasteiger partial charge < -0.3 is 19.7 Å². The zero-order valence-corrected chi connectivity index (χ0v) is 15.8. The van der Waals surface area contributed by atoms with Crippen LogP contribution in [0.3, 0.4) is 0 Å². The molecule has 0 radical (unpaired) electrons. The van der Waals surface area contributed by atoms with Crippen molar-refractivity contribution in [3.8, 4) is 5.75 Å². The molecule has 0 amide bonds. The number of hydrogen-bond acceptors (Lipinski definition) is 3. The van der Waals surface area contributed by atoms with E-state index in [4.69, 9.17) is 9.47 Å². The van der Waals surface area contributed by atoms with Gasteiger partial charge in [-0.05, 0) is 18.6 Å². The van der Waals surface area contributed by atoms with Crippen LogP contribution in [0.15, 0.2) is 23.2 Å². The number of rotatable bonds is 6. The first kappa shape index (κ1) is 20.0. The molecule has 0 unspecified atom stereocenters. The molecule has 0 saturated carbocycles. The Morgan fingerprint density at radius 2 is 2.00 bits per heavy atom. The van der Waals surface area contributed by atoms with E-state index in [0.717, 1.165) is 17.3 Å². The highest BCUT2D eigenvalue weighted by Gasteiger charge is 2.06. The molecule has 0 aromatic heterocycles. The van der Waals surface area contributed by atoms with Gasteiger partial charge in [0.15, 0.2) is 5.96 Å². The molecule has 1 N–H and O–H groups in total. The molecule has 0 spiro atoms. The molecule has 0 saturated heterocycles. The zero-order valence-electron chi connectivity index (χ0n) is 13.5. The number of ether oxygens (including phenoxy) is 2. The normalized spacial score (nSPS) is 10.8. The van der Waals surface area contributed by atoms with E-state index in [1.165, 1.54) is 5.56 Å². The van der Waals surface area contributed by atoms with E-state index in [-0.39, 0.29) is 24.0 Å². The Balaban J connectivity index is 0.00000400. The molecule has 0 aliphatic carbocycles. The van der Waals surface area contributed by atoms with Crippen molar-refractivity contribution in [2.75, 3.05) is 41.5 Å². The molecule has 0 fully saturated rings. The summed E-state index contributed by atoms with van der Waals surface area (Å²) in [6.07, 6.45) is 0. The quantitative estimate of drug-likeness (QED) is 0.340. The molecule has 6 heteroatoms. The van der Waals surface area contributed by atoms with Gasteiger partial charge in [0, 0.05) is 40.4 Å². The lowest BCUT2D eigenvalue weighted by molar-refractivity contribution is 0.145. The average Bonchev–Trinajstić information content (AvgIpc) is 2.41. The minimum Gasteiger partial charge on any atom is -0.491 e. The summed E-state index contributed by atoms with van der Waals surface area (Å²) >= 11 is 0. The highest BCUT2D eigenvalue weighted by atomic mass is 127. The van der Waals surface area contributed by atoms with Gasteiger partial charge in [-0.1, -0.05) is 12.1 Å². The summed E-state index contributed by atoms with van der Waals surface area (Å²) in [6.45, 7) is 3.86. The van der Waals surface area contributed by atoms with E-state index in [1.54, 1.807) is 14.2 Å². The second-order valence-corrected chi connectivity index (χ2v) is 4.75. The Bertz CT molecular complexity index is 451. The van der Waals surface area contributed by atoms with Gasteiger partial charge in [0.1, 0.15) is 12.4 Å². The van der Waals surface area contributed by atoms with Gasteiger partial charge in [0.25, 0.3) is 0 Å². The molecule has 120 valence electrons. The Labute approximate surface area is 144 Å². The molecular formula is C15H26IN3O2. The van der Waals surface area contributed by atoms with Crippen LogP contribution in [0.4, 0.5) is 0 Å². The van der Waals surface area contributed by atoms with Crippen molar-refractivity contribution >= 4 is 29.9 Å². The van der Waals surface area contributed by atoms with Gasteiger partial charge in [-0.3, -0.25) is 4.99 Å². The SMILES string of the molecule is CN=C(NCc1ccc(C)cc1OCCOC)N(C)C.I. The predicted octanol–water partition coefficient (Wildman–Crippen LogP) is 2.28. The molecule has 0 aliphatic rings. The van der Waals surface area contributed by atoms with Crippen LogP contribution in [-0.2, 0) is 11.3 Å². The minimum absolute atomic E-state index is 0. The van der Waals surface area contributed by atoms with Crippen molar-refractivity contribution in [3.63, 3.8) is 0 Å². The van der Waals surface area contributed by atoms with Gasteiger partial charge in [-0.2, -0.15) is 0 Å². The van der Waals surface area contributed by atoms with E-state index in [2.05, 4.69) is 29.4 Å². The number of aryl methyl sites for hydroxylation is 1. The smallest absolute Gasteiger partial charge is 0.193 e. The van der Waals surface area contributed by atoms with E-state index < -0.39 is 0 Å². The molecule has 1 aromatic carbocycles. The number of nitrogens with one attached hydrogen (secondary N) is 1. The fourth-order valence-corrected chi connectivity index (χ4v) is 1.79. The standard InChI is InChI=1S/C15H25N3O2.HI/c1-12-6-7-13(11-17-15(16-2)18(3)4)14(10-12)20-9-8-19-5;/h6-7,10H,8-9,11H2,1-5H3,(H,16,17);1H. The summed E-state index contributed by atoms with van der Waals surface area (Å²) in [6, 6.07) is 6.21. The number of guanidine groups is 1. The first-order valence-corrected chi connectivity index (χ1v) is 6.67. The average molecular weight is 407 g/mol. The van der Waals surface area contributed by atoms with E-state index >= 15 is 0 Å². The maximum absolute atomic E-state index is 5.77. The van der Waals surface area contributed by atoms with E-state index in [0.29, 0.717) is 19.8 Å². The van der Waals surface area contributed by atoms with E-state index in [9.17, 15) is 0 Å². The summed E-state index contributed by atoms with van der Waals surface area (Å²) in [5, 5.41) is 3.30. The lowest BCUT2D eigenvalue weighted by Crippen LogP contribution is -2.35. The van der Waals surface area contributed by atoms with Crippen molar-refractivity contribution < 1.29 is 9.47 Å². The monoisotopic (exact) mass is 407 g/mol. The number of halogens is 1. The second-order valence-electron chi connectivity index (χ2n) is 4.75. The first-order valence-electron chi connectivity index (χ1n) is 6.67. The van der Waals surface area contributed by atoms with Crippen molar-refractivity contribution in [2.45, 2.75) is 13.5 Å². The molecule has 1 aromatic rings. The molecular weight excluding hydrogens is 381 g/mol. The maximum atomic E-state index is 5.77. The van der Waals surface area contributed by atoms with Crippen LogP contribution < -0.4 is 10.1 Å². The van der Waals surface area contributed by atoms with E-state index in [1.807, 2.05) is 25.1 Å². The molecule has 21 heavy (non-hydrogen) atoms. The maximum Gasteiger partial charge on any atom is 0.193 e. The van der Waals surface area contributed by atoms with Crippen LogP contribution in [0.25, 0.3) is 0 Å². The molecule has 0 heterocycles. The summed E-state index contributed by atoms with van der Waals surface area (Å²) in [4.78, 5) is 6.14. The Kier molecular flexibility index (Phi) is 10.2. The van der Waals surface area contributed by atoms with Gasteiger partial charge in [0.2, 0.25) is 0 Å². The summed E-state index contributed by atoms with van der Waals surface area (Å²) in [5.41, 5.74) is 2.29. The lowest BCUT2D eigenvalue weighted by Gasteiger charge is -2.18. The number of nitrogens with zero attached hydrogens (tertiary/aromatic N) is 2. The molecule has 5 nitrogen and oxygen atoms in total. The topological polar surface area (TPSA) is 46.1 Å². The Morgan fingerprint density at radius 1 is 1.29 bits per heavy atom. The van der Waals surface area contributed by atoms with Crippen LogP contribution in [0.2, 0.25) is 0 Å². The summed E-state index contributed by atoms with van der Waals surface area (Å²) in [5.74, 6) is 1.73. The number of aliphatic imine (C=N–C) groups is 1. The third kappa shape index (κ3) is 6.99. The number of benzene rings is 1. The van der Waals surface area contributed by atoms with Crippen LogP contribution in [0.5, 0.6) is 5.75 Å². The van der Waals surface area contributed by atoms with Gasteiger partial charge in [0.05, 0.1) is 6.61 Å². The van der Waals surface area contributed by atoms with Crippen LogP contribution >= 0.6 is 24.0 Å². The lowest BCUT2D eigenvalue weighted by atomic mass is 10.1. The van der Waals surface area contributed by atoms with Crippen LogP contribution in [0.1, 0.15) is 11.1 Å². The number of methoxy groups -OCH3 is 1. The van der Waals surface area contributed by atoms with Crippen LogP contribution in [0, 0.1) is 6.92 Å².